The number of halogens is 2. The molecule has 0 fully saturated rings. The maximum Gasteiger partial charge on any atom is 0.339 e. The number of esters is 1. The number of amides is 1. The van der Waals surface area contributed by atoms with Crippen LogP contribution in [-0.4, -0.2) is 24.0 Å². The number of carbonyl (C=O) groups is 2. The molecule has 1 N–H and O–H groups in total. The first kappa shape index (κ1) is 20.3. The molecule has 0 saturated carbocycles. The summed E-state index contributed by atoms with van der Waals surface area (Å²) in [5, 5.41) is 3.52. The van der Waals surface area contributed by atoms with Crippen molar-refractivity contribution in [3.05, 3.63) is 69.7 Å². The van der Waals surface area contributed by atoms with E-state index in [1.54, 1.807) is 0 Å². The van der Waals surface area contributed by atoms with E-state index in [9.17, 15) is 9.59 Å². The normalized spacial score (nSPS) is 12.9. The van der Waals surface area contributed by atoms with Gasteiger partial charge in [-0.15, -0.1) is 0 Å². The Morgan fingerprint density at radius 3 is 2.27 bits per heavy atom. The van der Waals surface area contributed by atoms with E-state index in [0.717, 1.165) is 12.8 Å². The van der Waals surface area contributed by atoms with Crippen molar-refractivity contribution >= 4 is 35.1 Å². The Kier molecular flexibility index (Phi) is 7.49. The molecule has 138 valence electrons. The fourth-order valence-electron chi connectivity index (χ4n) is 2.41. The van der Waals surface area contributed by atoms with Gasteiger partial charge in [0, 0.05) is 16.1 Å². The summed E-state index contributed by atoms with van der Waals surface area (Å²) in [6.07, 6.45) is 0.733. The molecular formula is C20H21Cl2NO3. The quantitative estimate of drug-likeness (QED) is 0.694. The second-order valence-electron chi connectivity index (χ2n) is 6.14. The number of benzene rings is 2. The van der Waals surface area contributed by atoms with Crippen molar-refractivity contribution in [3.63, 3.8) is 0 Å². The van der Waals surface area contributed by atoms with Crippen molar-refractivity contribution in [1.29, 1.82) is 0 Å². The van der Waals surface area contributed by atoms with Gasteiger partial charge in [0.2, 0.25) is 0 Å². The summed E-state index contributed by atoms with van der Waals surface area (Å²) in [5.74, 6) is -0.985. The molecule has 0 aromatic heterocycles. The number of hydrogen-bond acceptors (Lipinski definition) is 3. The molecule has 4 nitrogen and oxygen atoms in total. The molecular weight excluding hydrogens is 373 g/mol. The summed E-state index contributed by atoms with van der Waals surface area (Å²) in [6, 6.07) is 14.4. The molecule has 2 aromatic rings. The summed E-state index contributed by atoms with van der Waals surface area (Å²) < 4.78 is 5.20. The SMILES string of the molecule is C[C@H](OC(=O)c1cc(Cl)cc(Cl)c1)C(=O)N[C@@H](C)CCc1ccccc1. The molecule has 0 heterocycles. The monoisotopic (exact) mass is 393 g/mol. The zero-order valence-corrected chi connectivity index (χ0v) is 16.2. The van der Waals surface area contributed by atoms with Gasteiger partial charge in [-0.25, -0.2) is 4.79 Å². The largest absolute Gasteiger partial charge is 0.449 e. The van der Waals surface area contributed by atoms with Crippen LogP contribution in [0.2, 0.25) is 10.0 Å². The molecule has 0 aliphatic heterocycles. The molecule has 2 rings (SSSR count). The van der Waals surface area contributed by atoms with E-state index < -0.39 is 12.1 Å². The van der Waals surface area contributed by atoms with Crippen LogP contribution in [0.4, 0.5) is 0 Å². The number of nitrogens with one attached hydrogen (secondary N) is 1. The zero-order valence-electron chi connectivity index (χ0n) is 14.7. The lowest BCUT2D eigenvalue weighted by Gasteiger charge is -2.18. The maximum absolute atomic E-state index is 12.2. The standard InChI is InChI=1S/C20H21Cl2NO3/c1-13(8-9-15-6-4-3-5-7-15)23-19(24)14(2)26-20(25)16-10-17(21)12-18(22)11-16/h3-7,10-14H,8-9H2,1-2H3,(H,23,24)/t13-,14-/m0/s1. The molecule has 0 unspecified atom stereocenters. The summed E-state index contributed by atoms with van der Waals surface area (Å²) in [7, 11) is 0. The molecule has 0 radical (unpaired) electrons. The van der Waals surface area contributed by atoms with E-state index >= 15 is 0 Å². The minimum atomic E-state index is -0.917. The lowest BCUT2D eigenvalue weighted by Crippen LogP contribution is -2.41. The van der Waals surface area contributed by atoms with Crippen molar-refractivity contribution in [2.75, 3.05) is 0 Å². The van der Waals surface area contributed by atoms with Crippen molar-refractivity contribution in [2.24, 2.45) is 0 Å². The van der Waals surface area contributed by atoms with Gasteiger partial charge in [-0.05, 0) is 50.5 Å². The van der Waals surface area contributed by atoms with Gasteiger partial charge in [-0.1, -0.05) is 53.5 Å². The van der Waals surface area contributed by atoms with E-state index in [1.807, 2.05) is 25.1 Å². The first-order valence-electron chi connectivity index (χ1n) is 8.36. The van der Waals surface area contributed by atoms with Gasteiger partial charge in [0.1, 0.15) is 0 Å². The Balaban J connectivity index is 1.83. The van der Waals surface area contributed by atoms with Crippen molar-refractivity contribution in [3.8, 4) is 0 Å². The second-order valence-corrected chi connectivity index (χ2v) is 7.01. The zero-order chi connectivity index (χ0) is 19.1. The number of ether oxygens (including phenoxy) is 1. The highest BCUT2D eigenvalue weighted by molar-refractivity contribution is 6.35. The van der Waals surface area contributed by atoms with Crippen LogP contribution in [0.3, 0.4) is 0 Å². The second kappa shape index (κ2) is 9.60. The Bertz CT molecular complexity index is 745. The molecule has 6 heteroatoms. The fourth-order valence-corrected chi connectivity index (χ4v) is 2.94. The van der Waals surface area contributed by atoms with Gasteiger partial charge in [0.15, 0.2) is 6.10 Å². The Hall–Kier alpha value is -2.04. The molecule has 0 aliphatic rings. The van der Waals surface area contributed by atoms with E-state index in [2.05, 4.69) is 17.4 Å². The number of carbonyl (C=O) groups excluding carboxylic acids is 2. The third-order valence-corrected chi connectivity index (χ3v) is 4.29. The minimum Gasteiger partial charge on any atom is -0.449 e. The first-order chi connectivity index (χ1) is 12.3. The predicted molar refractivity (Wildman–Crippen MR) is 104 cm³/mol. The minimum absolute atomic E-state index is 0.0375. The van der Waals surface area contributed by atoms with Crippen molar-refractivity contribution in [1.82, 2.24) is 5.32 Å². The van der Waals surface area contributed by atoms with Crippen LogP contribution in [0, 0.1) is 0 Å². The third-order valence-electron chi connectivity index (χ3n) is 3.85. The third kappa shape index (κ3) is 6.36. The van der Waals surface area contributed by atoms with E-state index in [4.69, 9.17) is 27.9 Å². The number of aryl methyl sites for hydroxylation is 1. The van der Waals surface area contributed by atoms with Gasteiger partial charge in [-0.2, -0.15) is 0 Å². The molecule has 0 spiro atoms. The van der Waals surface area contributed by atoms with Crippen molar-refractivity contribution in [2.45, 2.75) is 38.8 Å². The Morgan fingerprint density at radius 2 is 1.65 bits per heavy atom. The highest BCUT2D eigenvalue weighted by atomic mass is 35.5. The van der Waals surface area contributed by atoms with E-state index in [-0.39, 0.29) is 17.5 Å². The van der Waals surface area contributed by atoms with Gasteiger partial charge >= 0.3 is 5.97 Å². The fraction of sp³-hybridized carbons (Fsp3) is 0.300. The summed E-state index contributed by atoms with van der Waals surface area (Å²) in [4.78, 5) is 24.4. The highest BCUT2D eigenvalue weighted by Gasteiger charge is 2.20. The van der Waals surface area contributed by atoms with Crippen LogP contribution in [-0.2, 0) is 16.0 Å². The summed E-state index contributed by atoms with van der Waals surface area (Å²) in [5.41, 5.74) is 1.42. The highest BCUT2D eigenvalue weighted by Crippen LogP contribution is 2.20. The summed E-state index contributed by atoms with van der Waals surface area (Å²) in [6.45, 7) is 3.45. The molecule has 0 aliphatic carbocycles. The van der Waals surface area contributed by atoms with Crippen LogP contribution >= 0.6 is 23.2 Å². The topological polar surface area (TPSA) is 55.4 Å². The number of rotatable bonds is 7. The molecule has 26 heavy (non-hydrogen) atoms. The maximum atomic E-state index is 12.2. The lowest BCUT2D eigenvalue weighted by molar-refractivity contribution is -0.129. The van der Waals surface area contributed by atoms with Crippen LogP contribution in [0.1, 0.15) is 36.2 Å². The van der Waals surface area contributed by atoms with Gasteiger partial charge < -0.3 is 10.1 Å². The average molecular weight is 394 g/mol. The summed E-state index contributed by atoms with van der Waals surface area (Å²) >= 11 is 11.8. The predicted octanol–water partition coefficient (Wildman–Crippen LogP) is 4.68. The molecule has 2 aromatic carbocycles. The van der Waals surface area contributed by atoms with Crippen molar-refractivity contribution < 1.29 is 14.3 Å². The number of hydrogen-bond donors (Lipinski definition) is 1. The van der Waals surface area contributed by atoms with E-state index in [0.29, 0.717) is 10.0 Å². The van der Waals surface area contributed by atoms with E-state index in [1.165, 1.54) is 30.7 Å². The van der Waals surface area contributed by atoms with Crippen LogP contribution in [0.5, 0.6) is 0 Å². The van der Waals surface area contributed by atoms with Crippen LogP contribution in [0.15, 0.2) is 48.5 Å². The smallest absolute Gasteiger partial charge is 0.339 e. The first-order valence-corrected chi connectivity index (χ1v) is 9.12. The molecule has 1 amide bonds. The van der Waals surface area contributed by atoms with Gasteiger partial charge in [0.25, 0.3) is 5.91 Å². The Labute approximate surface area is 163 Å². The lowest BCUT2D eigenvalue weighted by atomic mass is 10.1. The van der Waals surface area contributed by atoms with Crippen LogP contribution < -0.4 is 5.32 Å². The molecule has 0 bridgehead atoms. The van der Waals surface area contributed by atoms with Gasteiger partial charge in [-0.3, -0.25) is 4.79 Å². The average Bonchev–Trinajstić information content (AvgIpc) is 2.60. The van der Waals surface area contributed by atoms with Gasteiger partial charge in [0.05, 0.1) is 5.56 Å². The molecule has 0 saturated heterocycles. The Morgan fingerprint density at radius 1 is 1.04 bits per heavy atom. The van der Waals surface area contributed by atoms with Crippen LogP contribution in [0.25, 0.3) is 0 Å². The molecule has 2 atom stereocenters.